The smallest absolute Gasteiger partial charge is 0.141 e. The van der Waals surface area contributed by atoms with Crippen LogP contribution in [0, 0.1) is 25.2 Å². The van der Waals surface area contributed by atoms with E-state index in [1.807, 2.05) is 19.1 Å². The number of pyridine rings is 2. The summed E-state index contributed by atoms with van der Waals surface area (Å²) in [6.07, 6.45) is 3.16. The van der Waals surface area contributed by atoms with Crippen LogP contribution in [0.1, 0.15) is 33.6 Å². The lowest BCUT2D eigenvalue weighted by Crippen LogP contribution is -2.00. The first kappa shape index (κ1) is 21.8. The van der Waals surface area contributed by atoms with E-state index in [0.717, 1.165) is 11.3 Å². The molecule has 3 rings (SSSR count). The molecule has 0 saturated carbocycles. The Hall–Kier alpha value is -3.47. The molecule has 2 heterocycles. The molecule has 7 nitrogen and oxygen atoms in total. The maximum absolute atomic E-state index is 9.07. The Morgan fingerprint density at radius 2 is 1.59 bits per heavy atom. The number of aliphatic hydroxyl groups is 2. The summed E-state index contributed by atoms with van der Waals surface area (Å²) >= 11 is 0. The van der Waals surface area contributed by atoms with E-state index in [1.165, 1.54) is 12.3 Å². The van der Waals surface area contributed by atoms with Crippen LogP contribution in [0.3, 0.4) is 0 Å². The highest BCUT2D eigenvalue weighted by atomic mass is 16.5. The largest absolute Gasteiger partial charge is 0.506 e. The van der Waals surface area contributed by atoms with Gasteiger partial charge in [0.25, 0.3) is 0 Å². The van der Waals surface area contributed by atoms with Crippen molar-refractivity contribution in [2.24, 2.45) is 0 Å². The molecular formula is C22H23N3O4. The molecule has 7 heteroatoms. The molecule has 150 valence electrons. The summed E-state index contributed by atoms with van der Waals surface area (Å²) in [6, 6.07) is 12.6. The Bertz CT molecular complexity index is 1000. The van der Waals surface area contributed by atoms with E-state index in [0.29, 0.717) is 34.7 Å². The van der Waals surface area contributed by atoms with Crippen molar-refractivity contribution in [3.05, 3.63) is 82.4 Å². The molecule has 0 radical (unpaired) electrons. The summed E-state index contributed by atoms with van der Waals surface area (Å²) in [5.41, 5.74) is 4.23. The number of aromatic hydroxyl groups is 1. The van der Waals surface area contributed by atoms with Crippen molar-refractivity contribution >= 4 is 0 Å². The molecule has 0 spiro atoms. The van der Waals surface area contributed by atoms with Gasteiger partial charge in [0.05, 0.1) is 36.2 Å². The van der Waals surface area contributed by atoms with Gasteiger partial charge in [-0.15, -0.1) is 0 Å². The average Bonchev–Trinajstić information content (AvgIpc) is 2.75. The lowest BCUT2D eigenvalue weighted by molar-refractivity contribution is 0.276. The van der Waals surface area contributed by atoms with Crippen LogP contribution in [0.15, 0.2) is 48.8 Å². The van der Waals surface area contributed by atoms with E-state index in [4.69, 9.17) is 25.3 Å². The Kier molecular flexibility index (Phi) is 8.10. The second-order valence-corrected chi connectivity index (χ2v) is 6.29. The van der Waals surface area contributed by atoms with Crippen molar-refractivity contribution < 1.29 is 20.1 Å². The molecule has 0 unspecified atom stereocenters. The first-order valence-electron chi connectivity index (χ1n) is 8.90. The standard InChI is InChI=1S/C15H14N2O2.C7H9NO2/c1-11-15(6-14(9-18)8-17-11)19-10-13-4-2-3-12(5-13)7-16;1-5-7(10)2-6(4-9)3-8-5/h2-6,8,18H,9-10H2,1H3;2-3,9-10H,4H2,1H3. The van der Waals surface area contributed by atoms with Crippen molar-refractivity contribution in [2.75, 3.05) is 0 Å². The molecule has 0 aliphatic carbocycles. The zero-order valence-corrected chi connectivity index (χ0v) is 16.3. The number of nitriles is 1. The van der Waals surface area contributed by atoms with Gasteiger partial charge in [-0.25, -0.2) is 0 Å². The zero-order chi connectivity index (χ0) is 21.2. The summed E-state index contributed by atoms with van der Waals surface area (Å²) in [7, 11) is 0. The third-order valence-electron chi connectivity index (χ3n) is 4.03. The van der Waals surface area contributed by atoms with Crippen LogP contribution in [-0.4, -0.2) is 25.3 Å². The molecule has 2 aromatic heterocycles. The summed E-state index contributed by atoms with van der Waals surface area (Å²) in [4.78, 5) is 8.00. The van der Waals surface area contributed by atoms with E-state index in [1.54, 1.807) is 31.3 Å². The summed E-state index contributed by atoms with van der Waals surface area (Å²) < 4.78 is 5.68. The van der Waals surface area contributed by atoms with Gasteiger partial charge in [-0.2, -0.15) is 5.26 Å². The number of rotatable bonds is 5. The second-order valence-electron chi connectivity index (χ2n) is 6.29. The number of nitrogens with zero attached hydrogens (tertiary/aromatic N) is 3. The molecule has 0 atom stereocenters. The van der Waals surface area contributed by atoms with Gasteiger partial charge < -0.3 is 20.1 Å². The number of aryl methyl sites for hydroxylation is 2. The van der Waals surface area contributed by atoms with Crippen molar-refractivity contribution in [3.8, 4) is 17.6 Å². The summed E-state index contributed by atoms with van der Waals surface area (Å²) in [6.45, 7) is 3.78. The van der Waals surface area contributed by atoms with Gasteiger partial charge in [-0.1, -0.05) is 12.1 Å². The molecule has 1 aromatic carbocycles. The third kappa shape index (κ3) is 6.57. The van der Waals surface area contributed by atoms with Crippen LogP contribution in [0.25, 0.3) is 0 Å². The van der Waals surface area contributed by atoms with E-state index >= 15 is 0 Å². The Balaban J connectivity index is 0.000000253. The molecule has 0 bridgehead atoms. The van der Waals surface area contributed by atoms with E-state index in [2.05, 4.69) is 16.0 Å². The van der Waals surface area contributed by atoms with Crippen LogP contribution >= 0.6 is 0 Å². The van der Waals surface area contributed by atoms with Crippen LogP contribution in [-0.2, 0) is 19.8 Å². The van der Waals surface area contributed by atoms with Gasteiger partial charge in [0.2, 0.25) is 0 Å². The van der Waals surface area contributed by atoms with Gasteiger partial charge in [0, 0.05) is 12.4 Å². The van der Waals surface area contributed by atoms with Gasteiger partial charge in [-0.05, 0) is 54.8 Å². The monoisotopic (exact) mass is 393 g/mol. The molecule has 3 N–H and O–H groups in total. The number of aliphatic hydroxyl groups excluding tert-OH is 2. The van der Waals surface area contributed by atoms with Crippen LogP contribution < -0.4 is 4.74 Å². The summed E-state index contributed by atoms with van der Waals surface area (Å²) in [5.74, 6) is 0.778. The predicted molar refractivity (Wildman–Crippen MR) is 107 cm³/mol. The Labute approximate surface area is 169 Å². The second kappa shape index (κ2) is 10.8. The first-order valence-corrected chi connectivity index (χ1v) is 8.90. The molecule has 0 amide bonds. The highest BCUT2D eigenvalue weighted by Gasteiger charge is 2.04. The average molecular weight is 393 g/mol. The van der Waals surface area contributed by atoms with Crippen molar-refractivity contribution in [1.29, 1.82) is 5.26 Å². The highest BCUT2D eigenvalue weighted by molar-refractivity contribution is 5.34. The lowest BCUT2D eigenvalue weighted by Gasteiger charge is -2.09. The minimum Gasteiger partial charge on any atom is -0.506 e. The van der Waals surface area contributed by atoms with Gasteiger partial charge >= 0.3 is 0 Å². The molecular weight excluding hydrogens is 370 g/mol. The normalized spacial score (nSPS) is 9.90. The van der Waals surface area contributed by atoms with Crippen LogP contribution in [0.4, 0.5) is 0 Å². The predicted octanol–water partition coefficient (Wildman–Crippen LogP) is 2.92. The van der Waals surface area contributed by atoms with E-state index < -0.39 is 0 Å². The topological polar surface area (TPSA) is 119 Å². The minimum absolute atomic E-state index is 0.0619. The minimum atomic E-state index is -0.0825. The molecule has 29 heavy (non-hydrogen) atoms. The van der Waals surface area contributed by atoms with E-state index in [9.17, 15) is 0 Å². The van der Waals surface area contributed by atoms with Crippen LogP contribution in [0.2, 0.25) is 0 Å². The number of ether oxygens (including phenoxy) is 1. The maximum Gasteiger partial charge on any atom is 0.141 e. The fourth-order valence-electron chi connectivity index (χ4n) is 2.33. The van der Waals surface area contributed by atoms with Gasteiger partial charge in [-0.3, -0.25) is 9.97 Å². The first-order chi connectivity index (χ1) is 14.0. The number of hydrogen-bond donors (Lipinski definition) is 3. The fourth-order valence-corrected chi connectivity index (χ4v) is 2.33. The molecule has 0 aliphatic heterocycles. The van der Waals surface area contributed by atoms with Gasteiger partial charge in [0.1, 0.15) is 18.1 Å². The molecule has 0 aliphatic rings. The van der Waals surface area contributed by atoms with Crippen molar-refractivity contribution in [1.82, 2.24) is 9.97 Å². The van der Waals surface area contributed by atoms with Crippen LogP contribution in [0.5, 0.6) is 11.5 Å². The highest BCUT2D eigenvalue weighted by Crippen LogP contribution is 2.19. The van der Waals surface area contributed by atoms with Gasteiger partial charge in [0.15, 0.2) is 0 Å². The van der Waals surface area contributed by atoms with E-state index in [-0.39, 0.29) is 19.0 Å². The summed E-state index contributed by atoms with van der Waals surface area (Å²) in [5, 5.41) is 35.6. The molecule has 3 aromatic rings. The number of aromatic nitrogens is 2. The van der Waals surface area contributed by atoms with Crippen molar-refractivity contribution in [2.45, 2.75) is 33.7 Å². The lowest BCUT2D eigenvalue weighted by atomic mass is 10.1. The number of hydrogen-bond acceptors (Lipinski definition) is 7. The molecule has 0 fully saturated rings. The SMILES string of the molecule is Cc1ncc(CO)cc1O.Cc1ncc(CO)cc1OCc1cccc(C#N)c1. The Morgan fingerprint density at radius 1 is 0.931 bits per heavy atom. The Morgan fingerprint density at radius 3 is 2.21 bits per heavy atom. The third-order valence-corrected chi connectivity index (χ3v) is 4.03. The quantitative estimate of drug-likeness (QED) is 0.610. The maximum atomic E-state index is 9.07. The fraction of sp³-hybridized carbons (Fsp3) is 0.227. The number of benzene rings is 1. The van der Waals surface area contributed by atoms with Crippen molar-refractivity contribution in [3.63, 3.8) is 0 Å². The zero-order valence-electron chi connectivity index (χ0n) is 16.3. The molecule has 0 saturated heterocycles.